The third-order valence-corrected chi connectivity index (χ3v) is 9.16. The van der Waals surface area contributed by atoms with E-state index in [1.165, 1.54) is 7.11 Å². The van der Waals surface area contributed by atoms with Gasteiger partial charge in [-0.25, -0.2) is 4.79 Å². The summed E-state index contributed by atoms with van der Waals surface area (Å²) in [7, 11) is 4.78. The minimum atomic E-state index is -1.12. The Morgan fingerprint density at radius 1 is 1.09 bits per heavy atom. The van der Waals surface area contributed by atoms with Crippen LogP contribution in [-0.2, 0) is 35.1 Å². The van der Waals surface area contributed by atoms with Gasteiger partial charge in [0.1, 0.15) is 6.04 Å². The van der Waals surface area contributed by atoms with E-state index in [-0.39, 0.29) is 48.6 Å². The molecule has 8 atom stereocenters. The Balaban J connectivity index is 2.20. The molecule has 0 aliphatic carbocycles. The highest BCUT2D eigenvalue weighted by molar-refractivity contribution is 5.86. The zero-order valence-electron chi connectivity index (χ0n) is 27.7. The van der Waals surface area contributed by atoms with Gasteiger partial charge in [0.05, 0.1) is 42.7 Å². The molecule has 2 rings (SSSR count). The second-order valence-electron chi connectivity index (χ2n) is 12.4. The number of aliphatic carboxylic acids is 1. The van der Waals surface area contributed by atoms with E-state index >= 15 is 0 Å². The van der Waals surface area contributed by atoms with Crippen LogP contribution in [0.5, 0.6) is 0 Å². The van der Waals surface area contributed by atoms with Gasteiger partial charge < -0.3 is 35.4 Å². The summed E-state index contributed by atoms with van der Waals surface area (Å²) in [6.45, 7) is 10.1. The van der Waals surface area contributed by atoms with E-state index in [0.717, 1.165) is 18.4 Å². The lowest BCUT2D eigenvalue weighted by Gasteiger charge is -2.40. The van der Waals surface area contributed by atoms with Crippen molar-refractivity contribution in [3.8, 4) is 0 Å². The largest absolute Gasteiger partial charge is 0.480 e. The van der Waals surface area contributed by atoms with E-state index in [1.807, 2.05) is 58.0 Å². The number of rotatable bonds is 17. The Bertz CT molecular complexity index is 1090. The van der Waals surface area contributed by atoms with Gasteiger partial charge in [-0.05, 0) is 30.2 Å². The minimum absolute atomic E-state index is 0.0372. The number of carboxylic acid groups (broad SMARTS) is 1. The maximum absolute atomic E-state index is 13.8. The molecule has 0 spiro atoms. The molecule has 248 valence electrons. The molecule has 1 aliphatic rings. The highest BCUT2D eigenvalue weighted by Gasteiger charge is 2.42. The average molecular weight is 619 g/mol. The molecule has 0 saturated carbocycles. The van der Waals surface area contributed by atoms with E-state index in [1.54, 1.807) is 30.9 Å². The zero-order chi connectivity index (χ0) is 33.1. The van der Waals surface area contributed by atoms with Crippen molar-refractivity contribution in [3.05, 3.63) is 35.9 Å². The average Bonchev–Trinajstić information content (AvgIpc) is 3.49. The van der Waals surface area contributed by atoms with E-state index in [0.29, 0.717) is 13.0 Å². The van der Waals surface area contributed by atoms with Crippen molar-refractivity contribution >= 4 is 23.7 Å². The van der Waals surface area contributed by atoms with Crippen LogP contribution in [0, 0.1) is 17.8 Å². The highest BCUT2D eigenvalue weighted by Crippen LogP contribution is 2.29. The van der Waals surface area contributed by atoms with Gasteiger partial charge in [-0.15, -0.1) is 0 Å². The molecule has 1 aromatic rings. The number of benzene rings is 1. The number of ether oxygens (including phenoxy) is 2. The molecule has 0 radical (unpaired) electrons. The Kier molecular flexibility index (Phi) is 14.8. The number of hydrogen-bond acceptors (Lipinski definition) is 7. The fraction of sp³-hybridized carbons (Fsp3) is 0.697. The first-order valence-corrected chi connectivity index (χ1v) is 15.7. The quantitative estimate of drug-likeness (QED) is 0.241. The second-order valence-corrected chi connectivity index (χ2v) is 12.4. The molecular formula is C33H54N4O7. The van der Waals surface area contributed by atoms with Gasteiger partial charge in [-0.2, -0.15) is 0 Å². The van der Waals surface area contributed by atoms with E-state index in [9.17, 15) is 24.3 Å². The van der Waals surface area contributed by atoms with Gasteiger partial charge in [0, 0.05) is 34.2 Å². The molecule has 1 heterocycles. The number of methoxy groups -OCH3 is 2. The first-order chi connectivity index (χ1) is 20.8. The molecule has 4 N–H and O–H groups in total. The van der Waals surface area contributed by atoms with Gasteiger partial charge in [0.15, 0.2) is 0 Å². The van der Waals surface area contributed by atoms with Crippen LogP contribution >= 0.6 is 0 Å². The third-order valence-electron chi connectivity index (χ3n) is 9.16. The number of carbonyl (C=O) groups is 4. The van der Waals surface area contributed by atoms with Crippen LogP contribution in [0.2, 0.25) is 0 Å². The normalized spacial score (nSPS) is 19.9. The SMILES string of the molecule is CCC(C)C(C(CC(=O)N1CCCC1C(OC)C(C)C(=O)NC(Cc1ccccc1)C(=O)O)OC)N(C)C(=O)C(N)C(C)C. The Labute approximate surface area is 262 Å². The van der Waals surface area contributed by atoms with E-state index < -0.39 is 42.1 Å². The van der Waals surface area contributed by atoms with Crippen LogP contribution in [-0.4, -0.2) is 103 Å². The summed E-state index contributed by atoms with van der Waals surface area (Å²) in [4.78, 5) is 55.7. The summed E-state index contributed by atoms with van der Waals surface area (Å²) >= 11 is 0. The molecule has 8 unspecified atom stereocenters. The summed E-state index contributed by atoms with van der Waals surface area (Å²) in [5.74, 6) is -2.63. The summed E-state index contributed by atoms with van der Waals surface area (Å²) in [6.07, 6.45) is 1.14. The van der Waals surface area contributed by atoms with Crippen LogP contribution in [0.1, 0.15) is 65.9 Å². The standard InChI is InChI=1S/C33H54N4O7/c1-9-21(4)29(36(6)32(40)28(34)20(2)3)26(43-7)19-27(38)37-17-13-16-25(37)30(44-8)22(5)31(39)35-24(33(41)42)18-23-14-11-10-12-15-23/h10-12,14-15,20-22,24-26,28-30H,9,13,16-19,34H2,1-8H3,(H,35,39)(H,41,42). The van der Waals surface area contributed by atoms with Crippen molar-refractivity contribution in [3.63, 3.8) is 0 Å². The number of carboxylic acids is 1. The number of carbonyl (C=O) groups excluding carboxylic acids is 3. The molecule has 0 bridgehead atoms. The van der Waals surface area contributed by atoms with Crippen molar-refractivity contribution < 1.29 is 33.8 Å². The zero-order valence-corrected chi connectivity index (χ0v) is 27.7. The van der Waals surface area contributed by atoms with E-state index in [4.69, 9.17) is 15.2 Å². The topological polar surface area (TPSA) is 152 Å². The Morgan fingerprint density at radius 3 is 2.25 bits per heavy atom. The molecule has 1 saturated heterocycles. The molecular weight excluding hydrogens is 564 g/mol. The lowest BCUT2D eigenvalue weighted by atomic mass is 9.89. The van der Waals surface area contributed by atoms with Crippen molar-refractivity contribution in [2.45, 2.75) is 103 Å². The summed E-state index contributed by atoms with van der Waals surface area (Å²) < 4.78 is 11.7. The van der Waals surface area contributed by atoms with Crippen molar-refractivity contribution in [1.29, 1.82) is 0 Å². The Morgan fingerprint density at radius 2 is 1.73 bits per heavy atom. The number of amides is 3. The maximum atomic E-state index is 13.8. The summed E-state index contributed by atoms with van der Waals surface area (Å²) in [6, 6.07) is 6.61. The molecule has 11 heteroatoms. The molecule has 1 fully saturated rings. The van der Waals surface area contributed by atoms with Crippen molar-refractivity contribution in [2.24, 2.45) is 23.5 Å². The monoisotopic (exact) mass is 618 g/mol. The number of nitrogens with two attached hydrogens (primary N) is 1. The van der Waals surface area contributed by atoms with Crippen LogP contribution in [0.4, 0.5) is 0 Å². The molecule has 0 aromatic heterocycles. The molecule has 11 nitrogen and oxygen atoms in total. The minimum Gasteiger partial charge on any atom is -0.480 e. The molecule has 1 aliphatic heterocycles. The first kappa shape index (κ1) is 37.2. The van der Waals surface area contributed by atoms with Crippen LogP contribution in [0.25, 0.3) is 0 Å². The van der Waals surface area contributed by atoms with Gasteiger partial charge >= 0.3 is 5.97 Å². The number of nitrogens with one attached hydrogen (secondary N) is 1. The lowest BCUT2D eigenvalue weighted by molar-refractivity contribution is -0.147. The molecule has 44 heavy (non-hydrogen) atoms. The van der Waals surface area contributed by atoms with Gasteiger partial charge in [0.2, 0.25) is 17.7 Å². The lowest BCUT2D eigenvalue weighted by Crippen LogP contribution is -2.56. The fourth-order valence-electron chi connectivity index (χ4n) is 6.18. The van der Waals surface area contributed by atoms with E-state index in [2.05, 4.69) is 5.32 Å². The number of hydrogen-bond donors (Lipinski definition) is 3. The predicted molar refractivity (Wildman–Crippen MR) is 169 cm³/mol. The van der Waals surface area contributed by atoms with Gasteiger partial charge in [0.25, 0.3) is 0 Å². The fourth-order valence-corrected chi connectivity index (χ4v) is 6.18. The van der Waals surface area contributed by atoms with Crippen LogP contribution in [0.3, 0.4) is 0 Å². The summed E-state index contributed by atoms with van der Waals surface area (Å²) in [5, 5.41) is 12.5. The summed E-state index contributed by atoms with van der Waals surface area (Å²) in [5.41, 5.74) is 7.00. The molecule has 3 amide bonds. The number of nitrogens with zero attached hydrogens (tertiary/aromatic N) is 2. The third kappa shape index (κ3) is 9.49. The van der Waals surface area contributed by atoms with Gasteiger partial charge in [-0.3, -0.25) is 14.4 Å². The Hall–Kier alpha value is -3.02. The van der Waals surface area contributed by atoms with Crippen molar-refractivity contribution in [2.75, 3.05) is 27.8 Å². The number of likely N-dealkylation sites (tertiary alicyclic amines) is 1. The second kappa shape index (κ2) is 17.5. The van der Waals surface area contributed by atoms with Crippen molar-refractivity contribution in [1.82, 2.24) is 15.1 Å². The first-order valence-electron chi connectivity index (χ1n) is 15.7. The molecule has 1 aromatic carbocycles. The van der Waals surface area contributed by atoms with Gasteiger partial charge in [-0.1, -0.05) is 71.4 Å². The smallest absolute Gasteiger partial charge is 0.326 e. The maximum Gasteiger partial charge on any atom is 0.326 e. The highest BCUT2D eigenvalue weighted by atomic mass is 16.5. The predicted octanol–water partition coefficient (Wildman–Crippen LogP) is 2.70. The number of likely N-dealkylation sites (N-methyl/N-ethyl adjacent to an activating group) is 1. The van der Waals surface area contributed by atoms with Crippen LogP contribution in [0.15, 0.2) is 30.3 Å². The van der Waals surface area contributed by atoms with Crippen LogP contribution < -0.4 is 11.1 Å².